The zero-order valence-corrected chi connectivity index (χ0v) is 13.0. The number of rotatable bonds is 5. The summed E-state index contributed by atoms with van der Waals surface area (Å²) in [5.41, 5.74) is 1.17. The van der Waals surface area contributed by atoms with Crippen molar-refractivity contribution in [1.82, 2.24) is 5.32 Å². The monoisotopic (exact) mass is 299 g/mol. The molecule has 0 spiro atoms. The Labute approximate surface area is 125 Å². The number of halogens is 2. The van der Waals surface area contributed by atoms with Gasteiger partial charge >= 0.3 is 0 Å². The van der Waals surface area contributed by atoms with E-state index in [1.807, 2.05) is 6.07 Å². The Morgan fingerprint density at radius 3 is 2.65 bits per heavy atom. The molecule has 112 valence electrons. The summed E-state index contributed by atoms with van der Waals surface area (Å²) in [5.74, 6) is -0.330. The summed E-state index contributed by atoms with van der Waals surface area (Å²) < 4.78 is 19.1. The van der Waals surface area contributed by atoms with E-state index < -0.39 is 0 Å². The molecule has 2 rings (SSSR count). The molecule has 1 fully saturated rings. The molecule has 0 atom stereocenters. The molecular formula is C16H23ClFNO. The van der Waals surface area contributed by atoms with Crippen molar-refractivity contribution >= 4 is 11.6 Å². The average molecular weight is 300 g/mol. The molecule has 1 saturated heterocycles. The Kier molecular flexibility index (Phi) is 5.42. The zero-order chi connectivity index (χ0) is 14.6. The molecule has 0 bridgehead atoms. The highest BCUT2D eigenvalue weighted by Gasteiger charge is 2.32. The standard InChI is InChI=1S/C16H23ClFNO/c1-12(2)19-11-16(5-7-20-8-6-16)10-13-3-4-14(17)15(18)9-13/h3-4,9,12,19H,5-8,10-11H2,1-2H3. The fourth-order valence-electron chi connectivity index (χ4n) is 2.72. The van der Waals surface area contributed by atoms with Crippen LogP contribution in [0.25, 0.3) is 0 Å². The lowest BCUT2D eigenvalue weighted by Crippen LogP contribution is -2.42. The molecule has 4 heteroatoms. The van der Waals surface area contributed by atoms with E-state index >= 15 is 0 Å². The van der Waals surface area contributed by atoms with Gasteiger partial charge in [-0.15, -0.1) is 0 Å². The first-order chi connectivity index (χ1) is 9.51. The third-order valence-corrected chi connectivity index (χ3v) is 4.31. The number of hydrogen-bond donors (Lipinski definition) is 1. The first-order valence-electron chi connectivity index (χ1n) is 7.26. The second kappa shape index (κ2) is 6.88. The summed E-state index contributed by atoms with van der Waals surface area (Å²) in [4.78, 5) is 0. The van der Waals surface area contributed by atoms with Gasteiger partial charge in [0, 0.05) is 25.8 Å². The van der Waals surface area contributed by atoms with E-state index in [1.54, 1.807) is 12.1 Å². The highest BCUT2D eigenvalue weighted by molar-refractivity contribution is 6.30. The normalized spacial score (nSPS) is 18.4. The van der Waals surface area contributed by atoms with Crippen LogP contribution in [0.4, 0.5) is 4.39 Å². The molecule has 1 aromatic rings. The van der Waals surface area contributed by atoms with E-state index in [1.165, 1.54) is 0 Å². The van der Waals surface area contributed by atoms with Crippen LogP contribution in [-0.2, 0) is 11.2 Å². The van der Waals surface area contributed by atoms with Crippen molar-refractivity contribution in [2.24, 2.45) is 5.41 Å². The van der Waals surface area contributed by atoms with Gasteiger partial charge in [0.15, 0.2) is 0 Å². The summed E-state index contributed by atoms with van der Waals surface area (Å²) in [6, 6.07) is 5.60. The minimum atomic E-state index is -0.330. The first-order valence-corrected chi connectivity index (χ1v) is 7.64. The second-order valence-corrected chi connectivity index (χ2v) is 6.48. The van der Waals surface area contributed by atoms with Gasteiger partial charge in [-0.3, -0.25) is 0 Å². The van der Waals surface area contributed by atoms with Crippen LogP contribution in [0.3, 0.4) is 0 Å². The van der Waals surface area contributed by atoms with E-state index in [-0.39, 0.29) is 16.3 Å². The van der Waals surface area contributed by atoms with Crippen molar-refractivity contribution in [3.05, 3.63) is 34.6 Å². The summed E-state index contributed by atoms with van der Waals surface area (Å²) in [6.45, 7) is 6.81. The molecule has 0 aromatic heterocycles. The fourth-order valence-corrected chi connectivity index (χ4v) is 2.84. The fraction of sp³-hybridized carbons (Fsp3) is 0.625. The van der Waals surface area contributed by atoms with Gasteiger partial charge in [0.2, 0.25) is 0 Å². The Bertz CT molecular complexity index is 444. The van der Waals surface area contributed by atoms with Gasteiger partial charge in [0.1, 0.15) is 5.82 Å². The SMILES string of the molecule is CC(C)NCC1(Cc2ccc(Cl)c(F)c2)CCOCC1. The summed E-state index contributed by atoms with van der Waals surface area (Å²) in [6.07, 6.45) is 2.89. The quantitative estimate of drug-likeness (QED) is 0.892. The molecule has 0 amide bonds. The van der Waals surface area contributed by atoms with E-state index in [4.69, 9.17) is 16.3 Å². The van der Waals surface area contributed by atoms with Crippen LogP contribution < -0.4 is 5.32 Å². The van der Waals surface area contributed by atoms with Crippen LogP contribution in [0.1, 0.15) is 32.3 Å². The molecule has 0 unspecified atom stereocenters. The van der Waals surface area contributed by atoms with E-state index in [0.717, 1.165) is 44.6 Å². The third-order valence-electron chi connectivity index (χ3n) is 4.00. The zero-order valence-electron chi connectivity index (χ0n) is 12.2. The highest BCUT2D eigenvalue weighted by Crippen LogP contribution is 2.34. The lowest BCUT2D eigenvalue weighted by atomic mass is 9.75. The number of hydrogen-bond acceptors (Lipinski definition) is 2. The molecule has 2 nitrogen and oxygen atoms in total. The number of benzene rings is 1. The third kappa shape index (κ3) is 4.18. The van der Waals surface area contributed by atoms with Crippen LogP contribution in [-0.4, -0.2) is 25.8 Å². The van der Waals surface area contributed by atoms with Gasteiger partial charge in [-0.25, -0.2) is 4.39 Å². The van der Waals surface area contributed by atoms with Crippen molar-refractivity contribution in [1.29, 1.82) is 0 Å². The second-order valence-electron chi connectivity index (χ2n) is 6.07. The van der Waals surface area contributed by atoms with Gasteiger partial charge in [0.05, 0.1) is 5.02 Å². The Morgan fingerprint density at radius 1 is 1.35 bits per heavy atom. The maximum Gasteiger partial charge on any atom is 0.142 e. The highest BCUT2D eigenvalue weighted by atomic mass is 35.5. The summed E-state index contributed by atoms with van der Waals surface area (Å²) in [7, 11) is 0. The van der Waals surface area contributed by atoms with Crippen LogP contribution in [0, 0.1) is 11.2 Å². The molecule has 0 aliphatic carbocycles. The Hall–Kier alpha value is -0.640. The molecule has 1 N–H and O–H groups in total. The van der Waals surface area contributed by atoms with E-state index in [9.17, 15) is 4.39 Å². The molecule has 1 aliphatic heterocycles. The summed E-state index contributed by atoms with van der Waals surface area (Å²) >= 11 is 5.75. The van der Waals surface area contributed by atoms with E-state index in [0.29, 0.717) is 6.04 Å². The summed E-state index contributed by atoms with van der Waals surface area (Å²) in [5, 5.41) is 3.72. The van der Waals surface area contributed by atoms with Crippen molar-refractivity contribution < 1.29 is 9.13 Å². The molecule has 1 aliphatic rings. The van der Waals surface area contributed by atoms with Gasteiger partial charge in [-0.05, 0) is 42.4 Å². The smallest absolute Gasteiger partial charge is 0.142 e. The van der Waals surface area contributed by atoms with Gasteiger partial charge < -0.3 is 10.1 Å². The minimum absolute atomic E-state index is 0.156. The van der Waals surface area contributed by atoms with Crippen LogP contribution in [0.5, 0.6) is 0 Å². The lowest BCUT2D eigenvalue weighted by molar-refractivity contribution is 0.0140. The predicted molar refractivity (Wildman–Crippen MR) is 80.7 cm³/mol. The molecule has 1 aromatic carbocycles. The van der Waals surface area contributed by atoms with Gasteiger partial charge in [-0.1, -0.05) is 31.5 Å². The lowest BCUT2D eigenvalue weighted by Gasteiger charge is -2.38. The van der Waals surface area contributed by atoms with Crippen LogP contribution in [0.2, 0.25) is 5.02 Å². The Balaban J connectivity index is 2.11. The molecule has 1 heterocycles. The van der Waals surface area contributed by atoms with Crippen molar-refractivity contribution in [3.63, 3.8) is 0 Å². The first kappa shape index (κ1) is 15.7. The van der Waals surface area contributed by atoms with Crippen LogP contribution in [0.15, 0.2) is 18.2 Å². The topological polar surface area (TPSA) is 21.3 Å². The Morgan fingerprint density at radius 2 is 2.05 bits per heavy atom. The minimum Gasteiger partial charge on any atom is -0.381 e. The molecule has 20 heavy (non-hydrogen) atoms. The maximum absolute atomic E-state index is 13.6. The molecular weight excluding hydrogens is 277 g/mol. The van der Waals surface area contributed by atoms with E-state index in [2.05, 4.69) is 19.2 Å². The number of nitrogens with one attached hydrogen (secondary N) is 1. The number of ether oxygens (including phenoxy) is 1. The van der Waals surface area contributed by atoms with Crippen molar-refractivity contribution in [2.45, 2.75) is 39.2 Å². The largest absolute Gasteiger partial charge is 0.381 e. The molecule has 0 radical (unpaired) electrons. The molecule has 0 saturated carbocycles. The maximum atomic E-state index is 13.6. The van der Waals surface area contributed by atoms with Crippen molar-refractivity contribution in [2.75, 3.05) is 19.8 Å². The van der Waals surface area contributed by atoms with Gasteiger partial charge in [0.25, 0.3) is 0 Å². The van der Waals surface area contributed by atoms with Crippen molar-refractivity contribution in [3.8, 4) is 0 Å². The van der Waals surface area contributed by atoms with Gasteiger partial charge in [-0.2, -0.15) is 0 Å². The predicted octanol–water partition coefficient (Wildman–Crippen LogP) is 3.82. The van der Waals surface area contributed by atoms with Crippen LogP contribution >= 0.6 is 11.6 Å². The average Bonchev–Trinajstić information content (AvgIpc) is 2.42.